The largest absolute Gasteiger partial charge is 0.466 e. The van der Waals surface area contributed by atoms with Gasteiger partial charge in [-0.25, -0.2) is 4.68 Å². The maximum Gasteiger partial charge on any atom is 0.279 e. The lowest BCUT2D eigenvalue weighted by molar-refractivity contribution is 0.0848. The quantitative estimate of drug-likeness (QED) is 0.475. The second-order valence-electron chi connectivity index (χ2n) is 6.51. The van der Waals surface area contributed by atoms with Crippen molar-refractivity contribution in [2.24, 2.45) is 0 Å². The van der Waals surface area contributed by atoms with Gasteiger partial charge in [-0.05, 0) is 45.0 Å². The maximum absolute atomic E-state index is 12.6. The zero-order chi connectivity index (χ0) is 20.7. The number of hydrogen-bond acceptors (Lipinski definition) is 5. The van der Waals surface area contributed by atoms with E-state index in [-0.39, 0.29) is 0 Å². The van der Waals surface area contributed by atoms with Gasteiger partial charge in [0.25, 0.3) is 11.8 Å². The van der Waals surface area contributed by atoms with Gasteiger partial charge in [-0.2, -0.15) is 5.10 Å². The van der Waals surface area contributed by atoms with Crippen molar-refractivity contribution in [3.05, 3.63) is 69.1 Å². The molecule has 0 aliphatic heterocycles. The number of carbonyl (C=O) groups excluding carboxylic acids is 2. The molecule has 0 aliphatic carbocycles. The fraction of sp³-hybridized carbons (Fsp3) is 0.150. The number of hydrogen-bond donors (Lipinski definition) is 2. The second kappa shape index (κ2) is 7.38. The Morgan fingerprint density at radius 2 is 1.83 bits per heavy atom. The summed E-state index contributed by atoms with van der Waals surface area (Å²) in [6, 6.07) is 10.8. The summed E-state index contributed by atoms with van der Waals surface area (Å²) in [7, 11) is 0. The third-order valence-electron chi connectivity index (χ3n) is 4.42. The fourth-order valence-corrected chi connectivity index (χ4v) is 4.33. The minimum atomic E-state index is -0.438. The molecule has 4 rings (SSSR count). The molecule has 7 nitrogen and oxygen atoms in total. The molecular weight excluding hydrogens is 412 g/mol. The number of fused-ring (bicyclic) bond motifs is 1. The van der Waals surface area contributed by atoms with Gasteiger partial charge in [0.15, 0.2) is 0 Å². The summed E-state index contributed by atoms with van der Waals surface area (Å²) in [6.45, 7) is 5.32. The van der Waals surface area contributed by atoms with Crippen molar-refractivity contribution in [3.63, 3.8) is 0 Å². The van der Waals surface area contributed by atoms with Crippen molar-refractivity contribution in [2.45, 2.75) is 20.8 Å². The molecule has 0 unspecified atom stereocenters. The van der Waals surface area contributed by atoms with Crippen LogP contribution in [0.1, 0.15) is 37.2 Å². The van der Waals surface area contributed by atoms with E-state index in [2.05, 4.69) is 16.0 Å². The summed E-state index contributed by atoms with van der Waals surface area (Å²) >= 11 is 7.58. The molecule has 0 fully saturated rings. The first-order valence-electron chi connectivity index (χ1n) is 8.77. The van der Waals surface area contributed by atoms with Gasteiger partial charge in [0, 0.05) is 5.39 Å². The van der Waals surface area contributed by atoms with Crippen LogP contribution in [0.4, 0.5) is 0 Å². The summed E-state index contributed by atoms with van der Waals surface area (Å²) in [5.74, 6) is 0.268. The lowest BCUT2D eigenvalue weighted by Crippen LogP contribution is -2.41. The highest BCUT2D eigenvalue weighted by molar-refractivity contribution is 7.20. The van der Waals surface area contributed by atoms with E-state index in [1.807, 2.05) is 25.1 Å². The van der Waals surface area contributed by atoms with Gasteiger partial charge >= 0.3 is 0 Å². The maximum atomic E-state index is 12.6. The van der Waals surface area contributed by atoms with Gasteiger partial charge in [0.1, 0.15) is 16.4 Å². The topological polar surface area (TPSA) is 89.2 Å². The molecule has 29 heavy (non-hydrogen) atoms. The molecule has 0 saturated carbocycles. The van der Waals surface area contributed by atoms with Crippen molar-refractivity contribution in [1.29, 1.82) is 0 Å². The molecule has 3 aromatic heterocycles. The third kappa shape index (κ3) is 3.52. The predicted molar refractivity (Wildman–Crippen MR) is 112 cm³/mol. The molecule has 2 N–H and O–H groups in total. The Bertz CT molecular complexity index is 1250. The summed E-state index contributed by atoms with van der Waals surface area (Å²) in [5, 5.41) is 5.96. The molecule has 2 amide bonds. The van der Waals surface area contributed by atoms with E-state index in [0.717, 1.165) is 21.6 Å². The van der Waals surface area contributed by atoms with E-state index >= 15 is 0 Å². The lowest BCUT2D eigenvalue weighted by Gasteiger charge is -2.06. The van der Waals surface area contributed by atoms with Crippen molar-refractivity contribution < 1.29 is 14.0 Å². The van der Waals surface area contributed by atoms with Crippen molar-refractivity contribution in [2.75, 3.05) is 0 Å². The average molecular weight is 429 g/mol. The average Bonchev–Trinajstić information content (AvgIpc) is 3.35. The number of amides is 2. The van der Waals surface area contributed by atoms with E-state index in [1.54, 1.807) is 36.7 Å². The number of aromatic nitrogens is 2. The van der Waals surface area contributed by atoms with E-state index in [4.69, 9.17) is 16.0 Å². The van der Waals surface area contributed by atoms with Crippen LogP contribution in [0.2, 0.25) is 5.02 Å². The first-order valence-corrected chi connectivity index (χ1v) is 9.96. The molecule has 148 valence electrons. The van der Waals surface area contributed by atoms with E-state index in [9.17, 15) is 9.59 Å². The zero-order valence-corrected chi connectivity index (χ0v) is 17.4. The van der Waals surface area contributed by atoms with Gasteiger partial charge in [-0.1, -0.05) is 23.7 Å². The Morgan fingerprint density at radius 3 is 2.52 bits per heavy atom. The van der Waals surface area contributed by atoms with Gasteiger partial charge < -0.3 is 4.42 Å². The summed E-state index contributed by atoms with van der Waals surface area (Å²) in [5.41, 5.74) is 6.77. The van der Waals surface area contributed by atoms with Crippen LogP contribution >= 0.6 is 22.9 Å². The molecule has 0 bridgehead atoms. The van der Waals surface area contributed by atoms with Crippen LogP contribution in [0.3, 0.4) is 0 Å². The van der Waals surface area contributed by atoms with Crippen LogP contribution in [0.15, 0.2) is 40.8 Å². The van der Waals surface area contributed by atoms with Gasteiger partial charge in [0.2, 0.25) is 0 Å². The molecule has 0 spiro atoms. The van der Waals surface area contributed by atoms with Gasteiger partial charge in [0.05, 0.1) is 26.8 Å². The number of para-hydroxylation sites is 1. The van der Waals surface area contributed by atoms with E-state index < -0.39 is 11.8 Å². The fourth-order valence-electron chi connectivity index (χ4n) is 3.04. The van der Waals surface area contributed by atoms with Crippen LogP contribution in [0.5, 0.6) is 0 Å². The minimum absolute atomic E-state index is 0.379. The minimum Gasteiger partial charge on any atom is -0.466 e. The highest BCUT2D eigenvalue weighted by Gasteiger charge is 2.19. The number of carbonyl (C=O) groups is 2. The SMILES string of the molecule is Cc1cc(C(=O)NNC(=O)c2cc3c(C)nn(-c4ccccc4Cl)c3s2)c(C)o1. The smallest absolute Gasteiger partial charge is 0.279 e. The van der Waals surface area contributed by atoms with Crippen molar-refractivity contribution in [1.82, 2.24) is 20.6 Å². The zero-order valence-electron chi connectivity index (χ0n) is 15.9. The molecule has 9 heteroatoms. The van der Waals surface area contributed by atoms with Crippen LogP contribution in [-0.4, -0.2) is 21.6 Å². The summed E-state index contributed by atoms with van der Waals surface area (Å²) < 4.78 is 7.07. The van der Waals surface area contributed by atoms with E-state index in [0.29, 0.717) is 27.0 Å². The number of furan rings is 1. The number of benzene rings is 1. The molecule has 0 aliphatic rings. The first kappa shape index (κ1) is 19.2. The Hall–Kier alpha value is -3.10. The number of rotatable bonds is 3. The van der Waals surface area contributed by atoms with Crippen LogP contribution < -0.4 is 10.9 Å². The number of thiophene rings is 1. The molecule has 4 aromatic rings. The Labute approximate surface area is 175 Å². The third-order valence-corrected chi connectivity index (χ3v) is 5.85. The Kier molecular flexibility index (Phi) is 4.89. The molecular formula is C20H17ClN4O3S. The highest BCUT2D eigenvalue weighted by Crippen LogP contribution is 2.32. The van der Waals surface area contributed by atoms with Crippen molar-refractivity contribution in [3.8, 4) is 5.69 Å². The summed E-state index contributed by atoms with van der Waals surface area (Å²) in [6.07, 6.45) is 0. The number of nitrogens with zero attached hydrogens (tertiary/aromatic N) is 2. The Balaban J connectivity index is 1.57. The monoisotopic (exact) mass is 428 g/mol. The first-order chi connectivity index (χ1) is 13.8. The van der Waals surface area contributed by atoms with Crippen LogP contribution in [0.25, 0.3) is 15.9 Å². The molecule has 0 saturated heterocycles. The predicted octanol–water partition coefficient (Wildman–Crippen LogP) is 4.33. The summed E-state index contributed by atoms with van der Waals surface area (Å²) in [4.78, 5) is 26.1. The number of hydrazine groups is 1. The lowest BCUT2D eigenvalue weighted by atomic mass is 10.2. The van der Waals surface area contributed by atoms with Crippen LogP contribution in [0, 0.1) is 20.8 Å². The molecule has 1 aromatic carbocycles. The van der Waals surface area contributed by atoms with Crippen molar-refractivity contribution >= 4 is 45.0 Å². The molecule has 3 heterocycles. The molecule has 0 radical (unpaired) electrons. The van der Waals surface area contributed by atoms with Gasteiger partial charge in [-0.15, -0.1) is 11.3 Å². The van der Waals surface area contributed by atoms with E-state index in [1.165, 1.54) is 11.3 Å². The number of aryl methyl sites for hydroxylation is 3. The normalized spacial score (nSPS) is 11.0. The standard InChI is InChI=1S/C20H17ClN4O3S/c1-10-8-14(12(3)28-10)18(26)22-23-19(27)17-9-13-11(2)24-25(20(13)29-17)16-7-5-4-6-15(16)21/h4-9H,1-3H3,(H,22,26)(H,23,27). The number of halogens is 1. The second-order valence-corrected chi connectivity index (χ2v) is 7.95. The Morgan fingerprint density at radius 1 is 1.10 bits per heavy atom. The van der Waals surface area contributed by atoms with Gasteiger partial charge in [-0.3, -0.25) is 20.4 Å². The highest BCUT2D eigenvalue weighted by atomic mass is 35.5. The molecule has 0 atom stereocenters. The number of nitrogens with one attached hydrogen (secondary N) is 2. The van der Waals surface area contributed by atoms with Crippen LogP contribution in [-0.2, 0) is 0 Å².